The Kier molecular flexibility index (Phi) is 7.81. The standard InChI is InChI=1S/C20H26N2O3S/c1-2-3-5-8-17-11-13-18(14-12-17)22-20(23)15-16-21-26(24,25)19-9-6-4-7-10-19/h4,6-7,9-14,21H,2-3,5,8,15-16H2,1H3,(H,22,23). The summed E-state index contributed by atoms with van der Waals surface area (Å²) < 4.78 is 26.6. The first-order chi connectivity index (χ1) is 12.5. The summed E-state index contributed by atoms with van der Waals surface area (Å²) in [5.41, 5.74) is 1.98. The first-order valence-electron chi connectivity index (χ1n) is 8.95. The van der Waals surface area contributed by atoms with Gasteiger partial charge in [0.1, 0.15) is 0 Å². The molecule has 140 valence electrons. The monoisotopic (exact) mass is 374 g/mol. The summed E-state index contributed by atoms with van der Waals surface area (Å²) >= 11 is 0. The molecule has 0 bridgehead atoms. The molecule has 0 unspecified atom stereocenters. The largest absolute Gasteiger partial charge is 0.326 e. The van der Waals surface area contributed by atoms with Gasteiger partial charge >= 0.3 is 0 Å². The zero-order valence-electron chi connectivity index (χ0n) is 15.1. The van der Waals surface area contributed by atoms with Gasteiger partial charge in [-0.1, -0.05) is 50.1 Å². The molecule has 2 aromatic rings. The molecule has 0 saturated heterocycles. The maximum Gasteiger partial charge on any atom is 0.240 e. The second-order valence-corrected chi connectivity index (χ2v) is 7.93. The fourth-order valence-electron chi connectivity index (χ4n) is 2.54. The summed E-state index contributed by atoms with van der Waals surface area (Å²) in [6.45, 7) is 2.23. The predicted molar refractivity (Wildman–Crippen MR) is 105 cm³/mol. The van der Waals surface area contributed by atoms with Crippen LogP contribution in [-0.2, 0) is 21.2 Å². The molecule has 6 heteroatoms. The van der Waals surface area contributed by atoms with Crippen LogP contribution in [0.5, 0.6) is 0 Å². The minimum Gasteiger partial charge on any atom is -0.326 e. The van der Waals surface area contributed by atoms with Crippen LogP contribution in [0, 0.1) is 0 Å². The Balaban J connectivity index is 1.76. The molecule has 0 radical (unpaired) electrons. The maximum absolute atomic E-state index is 12.1. The van der Waals surface area contributed by atoms with Gasteiger partial charge in [-0.05, 0) is 42.7 Å². The minimum atomic E-state index is -3.58. The van der Waals surface area contributed by atoms with Crippen LogP contribution in [0.2, 0.25) is 0 Å². The number of rotatable bonds is 10. The number of carbonyl (C=O) groups is 1. The van der Waals surface area contributed by atoms with Gasteiger partial charge in [0.2, 0.25) is 15.9 Å². The van der Waals surface area contributed by atoms with Crippen LogP contribution >= 0.6 is 0 Å². The Bertz CT molecular complexity index is 788. The normalized spacial score (nSPS) is 11.3. The van der Waals surface area contributed by atoms with Gasteiger partial charge in [0.15, 0.2) is 0 Å². The molecule has 0 spiro atoms. The van der Waals surface area contributed by atoms with Crippen molar-refractivity contribution in [2.45, 2.75) is 43.9 Å². The van der Waals surface area contributed by atoms with Crippen molar-refractivity contribution < 1.29 is 13.2 Å². The Morgan fingerprint density at radius 3 is 2.31 bits per heavy atom. The van der Waals surface area contributed by atoms with Crippen LogP contribution in [0.25, 0.3) is 0 Å². The molecule has 0 aliphatic rings. The van der Waals surface area contributed by atoms with E-state index in [2.05, 4.69) is 17.0 Å². The van der Waals surface area contributed by atoms with E-state index in [9.17, 15) is 13.2 Å². The summed E-state index contributed by atoms with van der Waals surface area (Å²) in [7, 11) is -3.58. The molecular weight excluding hydrogens is 348 g/mol. The number of sulfonamides is 1. The minimum absolute atomic E-state index is 0.0537. The van der Waals surface area contributed by atoms with Gasteiger partial charge in [0.25, 0.3) is 0 Å². The van der Waals surface area contributed by atoms with E-state index in [1.165, 1.54) is 37.0 Å². The number of hydrogen-bond donors (Lipinski definition) is 2. The maximum atomic E-state index is 12.1. The average Bonchev–Trinajstić information content (AvgIpc) is 2.64. The van der Waals surface area contributed by atoms with Crippen LogP contribution in [0.4, 0.5) is 5.69 Å². The van der Waals surface area contributed by atoms with Gasteiger partial charge in [0, 0.05) is 18.7 Å². The predicted octanol–water partition coefficient (Wildman–Crippen LogP) is 3.73. The summed E-state index contributed by atoms with van der Waals surface area (Å²) in [5.74, 6) is -0.223. The van der Waals surface area contributed by atoms with Gasteiger partial charge in [-0.25, -0.2) is 13.1 Å². The lowest BCUT2D eigenvalue weighted by atomic mass is 10.1. The zero-order valence-corrected chi connectivity index (χ0v) is 15.9. The van der Waals surface area contributed by atoms with Crippen LogP contribution in [0.1, 0.15) is 38.2 Å². The van der Waals surface area contributed by atoms with E-state index in [4.69, 9.17) is 0 Å². The third kappa shape index (κ3) is 6.61. The van der Waals surface area contributed by atoms with E-state index in [0.29, 0.717) is 0 Å². The lowest BCUT2D eigenvalue weighted by Crippen LogP contribution is -2.27. The SMILES string of the molecule is CCCCCc1ccc(NC(=O)CCNS(=O)(=O)c2ccccc2)cc1. The van der Waals surface area contributed by atoms with Gasteiger partial charge in [-0.3, -0.25) is 4.79 Å². The molecule has 26 heavy (non-hydrogen) atoms. The van der Waals surface area contributed by atoms with Gasteiger partial charge in [0.05, 0.1) is 4.90 Å². The molecule has 2 rings (SSSR count). The summed E-state index contributed by atoms with van der Waals surface area (Å²) in [6.07, 6.45) is 4.71. The number of carbonyl (C=O) groups excluding carboxylic acids is 1. The van der Waals surface area contributed by atoms with Crippen molar-refractivity contribution in [3.8, 4) is 0 Å². The fraction of sp³-hybridized carbons (Fsp3) is 0.350. The number of hydrogen-bond acceptors (Lipinski definition) is 3. The number of aryl methyl sites for hydroxylation is 1. The average molecular weight is 375 g/mol. The third-order valence-electron chi connectivity index (χ3n) is 4.00. The van der Waals surface area contributed by atoms with E-state index < -0.39 is 10.0 Å². The van der Waals surface area contributed by atoms with Crippen molar-refractivity contribution in [3.05, 3.63) is 60.2 Å². The quantitative estimate of drug-likeness (QED) is 0.622. The first-order valence-corrected chi connectivity index (χ1v) is 10.4. The van der Waals surface area contributed by atoms with E-state index >= 15 is 0 Å². The molecule has 0 aliphatic carbocycles. The summed E-state index contributed by atoms with van der Waals surface area (Å²) in [4.78, 5) is 12.2. The van der Waals surface area contributed by atoms with Crippen molar-refractivity contribution in [2.75, 3.05) is 11.9 Å². The van der Waals surface area contributed by atoms with E-state index in [0.717, 1.165) is 12.1 Å². The van der Waals surface area contributed by atoms with E-state index in [1.807, 2.05) is 24.3 Å². The summed E-state index contributed by atoms with van der Waals surface area (Å²) in [5, 5.41) is 2.79. The van der Waals surface area contributed by atoms with Crippen LogP contribution in [-0.4, -0.2) is 20.9 Å². The Labute approximate surface area is 155 Å². The highest BCUT2D eigenvalue weighted by atomic mass is 32.2. The lowest BCUT2D eigenvalue weighted by Gasteiger charge is -2.08. The van der Waals surface area contributed by atoms with Gasteiger partial charge < -0.3 is 5.32 Å². The van der Waals surface area contributed by atoms with E-state index in [1.54, 1.807) is 18.2 Å². The molecule has 2 N–H and O–H groups in total. The number of anilines is 1. The van der Waals surface area contributed by atoms with Gasteiger partial charge in [-0.15, -0.1) is 0 Å². The highest BCUT2D eigenvalue weighted by Crippen LogP contribution is 2.13. The van der Waals surface area contributed by atoms with E-state index in [-0.39, 0.29) is 23.8 Å². The van der Waals surface area contributed by atoms with Crippen molar-refractivity contribution in [2.24, 2.45) is 0 Å². The smallest absolute Gasteiger partial charge is 0.240 e. The van der Waals surface area contributed by atoms with Crippen molar-refractivity contribution in [1.29, 1.82) is 0 Å². The van der Waals surface area contributed by atoms with Crippen LogP contribution in [0.15, 0.2) is 59.5 Å². The second-order valence-electron chi connectivity index (χ2n) is 6.16. The molecular formula is C20H26N2O3S. The molecule has 1 amide bonds. The lowest BCUT2D eigenvalue weighted by molar-refractivity contribution is -0.116. The molecule has 0 aromatic heterocycles. The highest BCUT2D eigenvalue weighted by molar-refractivity contribution is 7.89. The fourth-order valence-corrected chi connectivity index (χ4v) is 3.59. The number of benzene rings is 2. The number of nitrogens with one attached hydrogen (secondary N) is 2. The first kappa shape index (κ1) is 20.1. The molecule has 2 aromatic carbocycles. The highest BCUT2D eigenvalue weighted by Gasteiger charge is 2.13. The zero-order chi connectivity index (χ0) is 18.8. The van der Waals surface area contributed by atoms with Crippen LogP contribution < -0.4 is 10.0 Å². The molecule has 5 nitrogen and oxygen atoms in total. The van der Waals surface area contributed by atoms with Crippen molar-refractivity contribution in [1.82, 2.24) is 4.72 Å². The number of amides is 1. The number of unbranched alkanes of at least 4 members (excludes halogenated alkanes) is 2. The Morgan fingerprint density at radius 1 is 0.962 bits per heavy atom. The molecule has 0 aliphatic heterocycles. The molecule has 0 atom stereocenters. The summed E-state index contributed by atoms with van der Waals surface area (Å²) in [6, 6.07) is 15.9. The van der Waals surface area contributed by atoms with Crippen molar-refractivity contribution in [3.63, 3.8) is 0 Å². The van der Waals surface area contributed by atoms with Crippen molar-refractivity contribution >= 4 is 21.6 Å². The third-order valence-corrected chi connectivity index (χ3v) is 5.48. The molecule has 0 fully saturated rings. The topological polar surface area (TPSA) is 75.3 Å². The molecule has 0 heterocycles. The van der Waals surface area contributed by atoms with Gasteiger partial charge in [-0.2, -0.15) is 0 Å². The second kappa shape index (κ2) is 10.1. The Morgan fingerprint density at radius 2 is 1.65 bits per heavy atom. The molecule has 0 saturated carbocycles. The Hall–Kier alpha value is -2.18. The van der Waals surface area contributed by atoms with Crippen LogP contribution in [0.3, 0.4) is 0 Å².